The maximum atomic E-state index is 9.70. The molecule has 0 aromatic carbocycles. The van der Waals surface area contributed by atoms with E-state index in [1.54, 1.807) is 0 Å². The minimum atomic E-state index is -0.773. The lowest BCUT2D eigenvalue weighted by molar-refractivity contribution is -0.870. The van der Waals surface area contributed by atoms with Crippen molar-refractivity contribution in [2.24, 2.45) is 5.73 Å². The van der Waals surface area contributed by atoms with Crippen LogP contribution in [0.1, 0.15) is 12.8 Å². The summed E-state index contributed by atoms with van der Waals surface area (Å²) < 4.78 is 0.844. The van der Waals surface area contributed by atoms with Crippen LogP contribution in [0.15, 0.2) is 0 Å². The zero-order valence-corrected chi connectivity index (χ0v) is 9.36. The van der Waals surface area contributed by atoms with E-state index in [4.69, 9.17) is 15.9 Å². The Balaban J connectivity index is 0. The number of hydrogen-bond donors (Lipinski definition) is 3. The quantitative estimate of drug-likeness (QED) is 0.530. The molecule has 0 unspecified atom stereocenters. The van der Waals surface area contributed by atoms with E-state index < -0.39 is 5.97 Å². The van der Waals surface area contributed by atoms with Crippen LogP contribution in [0.25, 0.3) is 0 Å². The SMILES string of the molecule is C[N+](C)(C)CCO.NCCCC(=O)O. The molecule has 0 saturated heterocycles. The summed E-state index contributed by atoms with van der Waals surface area (Å²) in [4.78, 5) is 9.70. The average Bonchev–Trinajstić information content (AvgIpc) is 1.99. The second kappa shape index (κ2) is 8.93. The first-order valence-corrected chi connectivity index (χ1v) is 4.66. The number of nitrogens with zero attached hydrogens (tertiary/aromatic N) is 1. The Bertz CT molecular complexity index is 143. The van der Waals surface area contributed by atoms with Gasteiger partial charge in [-0.05, 0) is 13.0 Å². The van der Waals surface area contributed by atoms with E-state index in [1.165, 1.54) is 0 Å². The number of rotatable bonds is 5. The van der Waals surface area contributed by atoms with Gasteiger partial charge < -0.3 is 20.4 Å². The molecule has 0 aromatic heterocycles. The van der Waals surface area contributed by atoms with Gasteiger partial charge >= 0.3 is 5.97 Å². The lowest BCUT2D eigenvalue weighted by Crippen LogP contribution is -2.36. The van der Waals surface area contributed by atoms with Crippen molar-refractivity contribution in [1.29, 1.82) is 0 Å². The summed E-state index contributed by atoms with van der Waals surface area (Å²) in [7, 11) is 6.16. The molecular weight excluding hydrogens is 184 g/mol. The fraction of sp³-hybridized carbons (Fsp3) is 0.889. The maximum Gasteiger partial charge on any atom is 0.303 e. The average molecular weight is 207 g/mol. The van der Waals surface area contributed by atoms with Crippen LogP contribution in [0.2, 0.25) is 0 Å². The molecule has 5 heteroatoms. The minimum Gasteiger partial charge on any atom is -0.481 e. The number of aliphatic hydroxyl groups is 1. The molecule has 86 valence electrons. The van der Waals surface area contributed by atoms with E-state index in [9.17, 15) is 4.79 Å². The minimum absolute atomic E-state index is 0.191. The number of aliphatic carboxylic acids is 1. The third kappa shape index (κ3) is 22.5. The van der Waals surface area contributed by atoms with Crippen LogP contribution in [0.4, 0.5) is 0 Å². The highest BCUT2D eigenvalue weighted by atomic mass is 16.4. The number of hydrogen-bond acceptors (Lipinski definition) is 3. The summed E-state index contributed by atoms with van der Waals surface area (Å²) in [6.07, 6.45) is 0.770. The van der Waals surface area contributed by atoms with Crippen molar-refractivity contribution >= 4 is 5.97 Å². The van der Waals surface area contributed by atoms with Crippen LogP contribution in [0.3, 0.4) is 0 Å². The van der Waals surface area contributed by atoms with E-state index in [-0.39, 0.29) is 13.0 Å². The second-order valence-corrected chi connectivity index (χ2v) is 4.02. The summed E-state index contributed by atoms with van der Waals surface area (Å²) in [6.45, 7) is 1.58. The molecule has 0 bridgehead atoms. The van der Waals surface area contributed by atoms with Crippen LogP contribution in [-0.2, 0) is 4.79 Å². The van der Waals surface area contributed by atoms with Crippen molar-refractivity contribution in [2.45, 2.75) is 12.8 Å². The molecule has 0 aromatic rings. The number of quaternary nitrogens is 1. The highest BCUT2D eigenvalue weighted by molar-refractivity contribution is 5.66. The highest BCUT2D eigenvalue weighted by Crippen LogP contribution is 1.84. The molecule has 5 nitrogen and oxygen atoms in total. The Morgan fingerprint density at radius 3 is 1.93 bits per heavy atom. The Labute approximate surface area is 85.7 Å². The molecule has 0 radical (unpaired) electrons. The summed E-state index contributed by atoms with van der Waals surface area (Å²) in [5, 5.41) is 16.4. The van der Waals surface area contributed by atoms with Gasteiger partial charge in [0.05, 0.1) is 27.7 Å². The molecule has 0 fully saturated rings. The first kappa shape index (κ1) is 15.8. The Morgan fingerprint density at radius 2 is 1.86 bits per heavy atom. The topological polar surface area (TPSA) is 83.5 Å². The van der Waals surface area contributed by atoms with E-state index >= 15 is 0 Å². The molecule has 0 saturated carbocycles. The molecule has 14 heavy (non-hydrogen) atoms. The van der Waals surface area contributed by atoms with Crippen molar-refractivity contribution in [2.75, 3.05) is 40.8 Å². The van der Waals surface area contributed by atoms with Gasteiger partial charge in [0.25, 0.3) is 0 Å². The number of likely N-dealkylation sites (N-methyl/N-ethyl adjacent to an activating group) is 1. The van der Waals surface area contributed by atoms with Gasteiger partial charge in [-0.3, -0.25) is 4.79 Å². The largest absolute Gasteiger partial charge is 0.481 e. The molecule has 0 amide bonds. The monoisotopic (exact) mass is 207 g/mol. The normalized spacial score (nSPS) is 10.4. The van der Waals surface area contributed by atoms with Crippen molar-refractivity contribution < 1.29 is 19.5 Å². The zero-order valence-electron chi connectivity index (χ0n) is 9.36. The Morgan fingerprint density at radius 1 is 1.36 bits per heavy atom. The number of nitrogens with two attached hydrogens (primary N) is 1. The molecule has 0 spiro atoms. The summed E-state index contributed by atoms with van der Waals surface area (Å²) in [5.74, 6) is -0.773. The molecular formula is C9H23N2O3+. The van der Waals surface area contributed by atoms with Gasteiger partial charge in [0.2, 0.25) is 0 Å². The van der Waals surface area contributed by atoms with Crippen molar-refractivity contribution in [3.8, 4) is 0 Å². The van der Waals surface area contributed by atoms with Crippen LogP contribution in [0, 0.1) is 0 Å². The first-order chi connectivity index (χ1) is 6.33. The predicted octanol–water partition coefficient (Wildman–Crippen LogP) is -0.505. The smallest absolute Gasteiger partial charge is 0.303 e. The summed E-state index contributed by atoms with van der Waals surface area (Å²) in [6, 6.07) is 0. The van der Waals surface area contributed by atoms with Gasteiger partial charge in [-0.15, -0.1) is 0 Å². The standard InChI is InChI=1S/C5H14NO.C4H9NO2/c1-6(2,3)4-5-7;5-3-1-2-4(6)7/h7H,4-5H2,1-3H3;1-3,5H2,(H,6,7)/q+1;. The van der Waals surface area contributed by atoms with Gasteiger partial charge in [0.1, 0.15) is 6.54 Å². The van der Waals surface area contributed by atoms with Gasteiger partial charge in [-0.25, -0.2) is 0 Å². The number of carboxylic acids is 1. The first-order valence-electron chi connectivity index (χ1n) is 4.66. The number of carboxylic acid groups (broad SMARTS) is 1. The molecule has 0 aliphatic heterocycles. The lowest BCUT2D eigenvalue weighted by Gasteiger charge is -2.21. The van der Waals surface area contributed by atoms with Crippen LogP contribution < -0.4 is 5.73 Å². The summed E-state index contributed by atoms with van der Waals surface area (Å²) in [5.41, 5.74) is 5.01. The fourth-order valence-electron chi connectivity index (χ4n) is 0.553. The molecule has 0 aliphatic carbocycles. The predicted molar refractivity (Wildman–Crippen MR) is 55.9 cm³/mol. The summed E-state index contributed by atoms with van der Waals surface area (Å²) >= 11 is 0. The van der Waals surface area contributed by atoms with E-state index in [0.29, 0.717) is 13.0 Å². The molecule has 4 N–H and O–H groups in total. The highest BCUT2D eigenvalue weighted by Gasteiger charge is 2.02. The van der Waals surface area contributed by atoms with Crippen LogP contribution in [-0.4, -0.2) is 61.5 Å². The number of carbonyl (C=O) groups is 1. The van der Waals surface area contributed by atoms with Crippen LogP contribution in [0.5, 0.6) is 0 Å². The molecule has 0 aliphatic rings. The zero-order chi connectivity index (χ0) is 11.6. The van der Waals surface area contributed by atoms with Gasteiger partial charge in [0.15, 0.2) is 0 Å². The van der Waals surface area contributed by atoms with E-state index in [2.05, 4.69) is 21.1 Å². The lowest BCUT2D eigenvalue weighted by atomic mass is 10.3. The fourth-order valence-corrected chi connectivity index (χ4v) is 0.553. The maximum absolute atomic E-state index is 9.70. The molecule has 0 atom stereocenters. The Hall–Kier alpha value is -0.650. The Kier molecular flexibility index (Phi) is 10.1. The van der Waals surface area contributed by atoms with E-state index in [0.717, 1.165) is 11.0 Å². The van der Waals surface area contributed by atoms with Crippen LogP contribution >= 0.6 is 0 Å². The number of aliphatic hydroxyl groups excluding tert-OH is 1. The molecule has 0 rings (SSSR count). The van der Waals surface area contributed by atoms with Gasteiger partial charge in [0, 0.05) is 6.42 Å². The van der Waals surface area contributed by atoms with Gasteiger partial charge in [-0.2, -0.15) is 0 Å². The second-order valence-electron chi connectivity index (χ2n) is 4.02. The molecule has 0 heterocycles. The van der Waals surface area contributed by atoms with Crippen molar-refractivity contribution in [3.05, 3.63) is 0 Å². The van der Waals surface area contributed by atoms with Crippen molar-refractivity contribution in [3.63, 3.8) is 0 Å². The van der Waals surface area contributed by atoms with Gasteiger partial charge in [-0.1, -0.05) is 0 Å². The third-order valence-corrected chi connectivity index (χ3v) is 1.37. The van der Waals surface area contributed by atoms with E-state index in [1.807, 2.05) is 0 Å². The van der Waals surface area contributed by atoms with Crippen molar-refractivity contribution in [1.82, 2.24) is 0 Å². The third-order valence-electron chi connectivity index (χ3n) is 1.37.